The van der Waals surface area contributed by atoms with E-state index in [1.54, 1.807) is 24.8 Å². The van der Waals surface area contributed by atoms with Crippen molar-refractivity contribution in [1.29, 1.82) is 0 Å². The van der Waals surface area contributed by atoms with E-state index < -0.39 is 0 Å². The van der Waals surface area contributed by atoms with Gasteiger partial charge in [-0.3, -0.25) is 19.9 Å². The third-order valence-electron chi connectivity index (χ3n) is 7.29. The fourth-order valence-electron chi connectivity index (χ4n) is 5.26. The topological polar surface area (TPSA) is 137 Å². The van der Waals surface area contributed by atoms with Crippen LogP contribution in [-0.2, 0) is 4.79 Å². The summed E-state index contributed by atoms with van der Waals surface area (Å²) in [6, 6.07) is 9.57. The summed E-state index contributed by atoms with van der Waals surface area (Å²) < 4.78 is 0. The molecule has 1 saturated carbocycles. The molecule has 1 aliphatic carbocycles. The van der Waals surface area contributed by atoms with Crippen molar-refractivity contribution in [3.05, 3.63) is 85.4 Å². The van der Waals surface area contributed by atoms with E-state index in [4.69, 9.17) is 9.97 Å². The Balaban J connectivity index is 1.35. The Kier molecular flexibility index (Phi) is 7.36. The Morgan fingerprint density at radius 2 is 1.88 bits per heavy atom. The number of allylic oxidation sites excluding steroid dienone is 3. The molecule has 6 rings (SSSR count). The monoisotopic (exact) mass is 545 g/mol. The van der Waals surface area contributed by atoms with Gasteiger partial charge in [-0.25, -0.2) is 9.97 Å². The molecule has 0 aliphatic heterocycles. The maximum Gasteiger partial charge on any atom is 0.227 e. The molecule has 0 saturated heterocycles. The number of amides is 1. The molecule has 0 aromatic carbocycles. The SMILES string of the molecule is C=CN/C=C(\C=C(/C)NC(=O)C1CCCCC1)c1ccc2[nH]nc(-c3nc4c(-c5cccnc5)nccc4[nH]3)c2n1. The lowest BCUT2D eigenvalue weighted by molar-refractivity contribution is -0.125. The van der Waals surface area contributed by atoms with E-state index in [-0.39, 0.29) is 11.8 Å². The van der Waals surface area contributed by atoms with Gasteiger partial charge >= 0.3 is 0 Å². The van der Waals surface area contributed by atoms with Crippen molar-refractivity contribution in [3.63, 3.8) is 0 Å². The van der Waals surface area contributed by atoms with E-state index in [1.807, 2.05) is 49.5 Å². The minimum atomic E-state index is 0.0754. The van der Waals surface area contributed by atoms with E-state index in [2.05, 4.69) is 42.4 Å². The van der Waals surface area contributed by atoms with E-state index >= 15 is 0 Å². The van der Waals surface area contributed by atoms with Crippen molar-refractivity contribution >= 4 is 33.5 Å². The average molecular weight is 546 g/mol. The van der Waals surface area contributed by atoms with Crippen molar-refractivity contribution in [1.82, 2.24) is 45.8 Å². The van der Waals surface area contributed by atoms with Crippen molar-refractivity contribution in [2.75, 3.05) is 0 Å². The molecule has 1 amide bonds. The number of carbonyl (C=O) groups is 1. The molecular weight excluding hydrogens is 514 g/mol. The normalized spacial score (nSPS) is 14.9. The van der Waals surface area contributed by atoms with Crippen molar-refractivity contribution < 1.29 is 4.79 Å². The molecule has 10 nitrogen and oxygen atoms in total. The highest BCUT2D eigenvalue weighted by Gasteiger charge is 2.21. The highest BCUT2D eigenvalue weighted by atomic mass is 16.1. The number of imidazole rings is 1. The van der Waals surface area contributed by atoms with E-state index in [0.717, 1.165) is 64.8 Å². The minimum Gasteiger partial charge on any atom is -0.368 e. The third-order valence-corrected chi connectivity index (χ3v) is 7.29. The Hall–Kier alpha value is -5.12. The molecular formula is C31H31N9O. The number of hydrogen-bond donors (Lipinski definition) is 4. The number of H-pyrrole nitrogens is 2. The Bertz CT molecular complexity index is 1780. The number of rotatable bonds is 8. The molecule has 5 aromatic rings. The molecule has 0 unspecified atom stereocenters. The first-order valence-corrected chi connectivity index (χ1v) is 13.8. The first-order valence-electron chi connectivity index (χ1n) is 13.8. The highest BCUT2D eigenvalue weighted by Crippen LogP contribution is 2.30. The third kappa shape index (κ3) is 5.49. The largest absolute Gasteiger partial charge is 0.368 e. The fourth-order valence-corrected chi connectivity index (χ4v) is 5.26. The van der Waals surface area contributed by atoms with Crippen LogP contribution in [0.25, 0.3) is 50.4 Å². The Morgan fingerprint density at radius 1 is 1.02 bits per heavy atom. The number of aromatic nitrogens is 7. The van der Waals surface area contributed by atoms with Crippen molar-refractivity contribution in [2.45, 2.75) is 39.0 Å². The molecule has 5 heterocycles. The van der Waals surface area contributed by atoms with Gasteiger partial charge in [-0.05, 0) is 62.4 Å². The van der Waals surface area contributed by atoms with Crippen LogP contribution in [0.3, 0.4) is 0 Å². The van der Waals surface area contributed by atoms with Gasteiger partial charge in [0.1, 0.15) is 11.0 Å². The second kappa shape index (κ2) is 11.5. The van der Waals surface area contributed by atoms with Crippen LogP contribution < -0.4 is 10.6 Å². The van der Waals surface area contributed by atoms with E-state index in [9.17, 15) is 4.79 Å². The summed E-state index contributed by atoms with van der Waals surface area (Å²) in [5.74, 6) is 0.738. The molecule has 0 radical (unpaired) electrons. The number of pyridine rings is 3. The van der Waals surface area contributed by atoms with Gasteiger partial charge in [0.15, 0.2) is 11.5 Å². The number of fused-ring (bicyclic) bond motifs is 2. The van der Waals surface area contributed by atoms with Gasteiger partial charge in [0.2, 0.25) is 5.91 Å². The lowest BCUT2D eigenvalue weighted by Crippen LogP contribution is -2.30. The van der Waals surface area contributed by atoms with Crippen LogP contribution >= 0.6 is 0 Å². The maximum absolute atomic E-state index is 12.8. The van der Waals surface area contributed by atoms with Gasteiger partial charge < -0.3 is 15.6 Å². The summed E-state index contributed by atoms with van der Waals surface area (Å²) in [6.07, 6.45) is 15.9. The zero-order valence-corrected chi connectivity index (χ0v) is 22.8. The maximum atomic E-state index is 12.8. The van der Waals surface area contributed by atoms with Gasteiger partial charge in [0.05, 0.1) is 22.4 Å². The van der Waals surface area contributed by atoms with Crippen LogP contribution in [0.5, 0.6) is 0 Å². The lowest BCUT2D eigenvalue weighted by atomic mass is 9.88. The zero-order valence-electron chi connectivity index (χ0n) is 22.8. The van der Waals surface area contributed by atoms with Crippen molar-refractivity contribution in [2.24, 2.45) is 5.92 Å². The Labute approximate surface area is 237 Å². The molecule has 0 bridgehead atoms. The molecule has 206 valence electrons. The quantitative estimate of drug-likeness (QED) is 0.185. The Morgan fingerprint density at radius 3 is 2.68 bits per heavy atom. The summed E-state index contributed by atoms with van der Waals surface area (Å²) in [5, 5.41) is 13.7. The van der Waals surface area contributed by atoms with Crippen LogP contribution in [0.2, 0.25) is 0 Å². The summed E-state index contributed by atoms with van der Waals surface area (Å²) >= 11 is 0. The van der Waals surface area contributed by atoms with Crippen LogP contribution in [0, 0.1) is 5.92 Å². The standard InChI is InChI=1S/C31H31N9O/c1-3-32-18-22(16-19(2)35-31(41)20-8-5-4-6-9-20)23-11-12-25-28(36-23)29(40-39-25)30-37-24-13-15-34-26(27(24)38-30)21-10-7-14-33-17-21/h3,7,10-18,20,32H,1,4-6,8-9H2,2H3,(H,35,41)(H,37,38)(H,39,40)/b19-16+,22-18+. The second-order valence-electron chi connectivity index (χ2n) is 10.2. The molecule has 0 spiro atoms. The van der Waals surface area contributed by atoms with Gasteiger partial charge in [-0.2, -0.15) is 5.10 Å². The first-order chi connectivity index (χ1) is 20.1. The van der Waals surface area contributed by atoms with E-state index in [0.29, 0.717) is 22.7 Å². The number of hydrogen-bond acceptors (Lipinski definition) is 7. The first kappa shape index (κ1) is 26.1. The number of carbonyl (C=O) groups excluding carboxylic acids is 1. The van der Waals surface area contributed by atoms with E-state index in [1.165, 1.54) is 6.42 Å². The molecule has 5 aromatic heterocycles. The molecule has 41 heavy (non-hydrogen) atoms. The van der Waals surface area contributed by atoms with Crippen LogP contribution in [-0.4, -0.2) is 41.0 Å². The molecule has 1 fully saturated rings. The molecule has 10 heteroatoms. The number of aromatic amines is 2. The molecule has 1 aliphatic rings. The zero-order chi connectivity index (χ0) is 28.2. The summed E-state index contributed by atoms with van der Waals surface area (Å²) in [5.41, 5.74) is 7.46. The van der Waals surface area contributed by atoms with Crippen LogP contribution in [0.4, 0.5) is 0 Å². The summed E-state index contributed by atoms with van der Waals surface area (Å²) in [6.45, 7) is 5.65. The van der Waals surface area contributed by atoms with Gasteiger partial charge in [-0.15, -0.1) is 0 Å². The van der Waals surface area contributed by atoms with Crippen LogP contribution in [0.1, 0.15) is 44.7 Å². The second-order valence-corrected chi connectivity index (χ2v) is 10.2. The predicted molar refractivity (Wildman–Crippen MR) is 160 cm³/mol. The molecule has 0 atom stereocenters. The molecule has 4 N–H and O–H groups in total. The summed E-state index contributed by atoms with van der Waals surface area (Å²) in [4.78, 5) is 34.8. The van der Waals surface area contributed by atoms with Crippen molar-refractivity contribution in [3.8, 4) is 22.8 Å². The number of nitrogens with zero attached hydrogens (tertiary/aromatic N) is 5. The van der Waals surface area contributed by atoms with Crippen LogP contribution in [0.15, 0.2) is 79.7 Å². The minimum absolute atomic E-state index is 0.0754. The lowest BCUT2D eigenvalue weighted by Gasteiger charge is -2.21. The van der Waals surface area contributed by atoms with Gasteiger partial charge in [0.25, 0.3) is 0 Å². The fraction of sp³-hybridized carbons (Fsp3) is 0.226. The summed E-state index contributed by atoms with van der Waals surface area (Å²) in [7, 11) is 0. The highest BCUT2D eigenvalue weighted by molar-refractivity contribution is 5.95. The predicted octanol–water partition coefficient (Wildman–Crippen LogP) is 5.63. The van der Waals surface area contributed by atoms with Gasteiger partial charge in [0, 0.05) is 47.5 Å². The number of nitrogens with one attached hydrogen (secondary N) is 4. The van der Waals surface area contributed by atoms with Gasteiger partial charge in [-0.1, -0.05) is 25.8 Å². The average Bonchev–Trinajstić information content (AvgIpc) is 3.64. The smallest absolute Gasteiger partial charge is 0.227 e.